The molecule has 10 heteroatoms. The second kappa shape index (κ2) is 8.21. The zero-order valence-corrected chi connectivity index (χ0v) is 19.7. The molecule has 0 saturated carbocycles. The van der Waals surface area contributed by atoms with Crippen LogP contribution in [0.2, 0.25) is 0 Å². The predicted octanol–water partition coefficient (Wildman–Crippen LogP) is 4.35. The Hall–Kier alpha value is -4.70. The van der Waals surface area contributed by atoms with Crippen LogP contribution in [-0.2, 0) is 6.67 Å². The first-order valence-electron chi connectivity index (χ1n) is 11.5. The van der Waals surface area contributed by atoms with E-state index < -0.39 is 0 Å². The van der Waals surface area contributed by atoms with Gasteiger partial charge in [-0.25, -0.2) is 14.7 Å². The maximum Gasteiger partial charge on any atom is 0.179 e. The molecule has 36 heavy (non-hydrogen) atoms. The zero-order chi connectivity index (χ0) is 24.1. The summed E-state index contributed by atoms with van der Waals surface area (Å²) in [6, 6.07) is 23.8. The summed E-state index contributed by atoms with van der Waals surface area (Å²) in [7, 11) is 0. The smallest absolute Gasteiger partial charge is 0.179 e. The standard InChI is InChI=1S/C26H19N9S/c36-26-31-25(30-15-34-23-8-4-3-7-21(23)32-33-34)24(18-11-12-27-19-6-2-1-5-17(18)19)35(26)16-9-10-20-22(13-16)29-14-28-20/h1-14,24H,15H2,(H,28,29)(H,30,31,36). The minimum Gasteiger partial charge on any atom is -0.345 e. The number of aromatic amines is 1. The topological polar surface area (TPSA) is 99.9 Å². The average molecular weight is 490 g/mol. The SMILES string of the molecule is S=C1NC(=NCn2nnc3ccccc32)C(c2ccnc3ccccc23)N1c1ccc2nc[nH]c2c1. The number of nitrogens with zero attached hydrogens (tertiary/aromatic N) is 7. The van der Waals surface area contributed by atoms with Crippen LogP contribution in [0.4, 0.5) is 5.69 Å². The van der Waals surface area contributed by atoms with Crippen LogP contribution in [0.15, 0.2) is 90.3 Å². The quantitative estimate of drug-likeness (QED) is 0.355. The summed E-state index contributed by atoms with van der Waals surface area (Å²) in [5.74, 6) is 0.737. The van der Waals surface area contributed by atoms with Crippen LogP contribution in [0, 0.1) is 0 Å². The average Bonchev–Trinajstić information content (AvgIpc) is 3.63. The van der Waals surface area contributed by atoms with Crippen LogP contribution in [0.3, 0.4) is 0 Å². The van der Waals surface area contributed by atoms with E-state index in [2.05, 4.69) is 47.6 Å². The summed E-state index contributed by atoms with van der Waals surface area (Å²) in [6.45, 7) is 0.304. The number of aromatic nitrogens is 6. The minimum absolute atomic E-state index is 0.277. The third-order valence-electron chi connectivity index (χ3n) is 6.43. The Morgan fingerprint density at radius 2 is 1.78 bits per heavy atom. The fraction of sp³-hybridized carbons (Fsp3) is 0.0769. The second-order valence-corrected chi connectivity index (χ2v) is 8.87. The molecule has 1 unspecified atom stereocenters. The normalized spacial score (nSPS) is 17.0. The molecule has 0 amide bonds. The number of hydrogen-bond donors (Lipinski definition) is 2. The molecule has 6 aromatic rings. The van der Waals surface area contributed by atoms with Crippen LogP contribution in [0.25, 0.3) is 33.0 Å². The number of amidine groups is 1. The monoisotopic (exact) mass is 489 g/mol. The van der Waals surface area contributed by atoms with Crippen molar-refractivity contribution in [3.05, 3.63) is 90.9 Å². The first-order valence-corrected chi connectivity index (χ1v) is 11.9. The van der Waals surface area contributed by atoms with Crippen molar-refractivity contribution < 1.29 is 0 Å². The summed E-state index contributed by atoms with van der Waals surface area (Å²) in [6.07, 6.45) is 3.52. The number of aliphatic imine (C=N–C) groups is 1. The lowest BCUT2D eigenvalue weighted by Gasteiger charge is -2.26. The highest BCUT2D eigenvalue weighted by atomic mass is 32.1. The largest absolute Gasteiger partial charge is 0.345 e. The third kappa shape index (κ3) is 3.30. The Morgan fingerprint density at radius 3 is 2.72 bits per heavy atom. The van der Waals surface area contributed by atoms with E-state index in [4.69, 9.17) is 17.2 Å². The third-order valence-corrected chi connectivity index (χ3v) is 6.72. The number of imidazole rings is 1. The molecule has 4 heterocycles. The van der Waals surface area contributed by atoms with Crippen molar-refractivity contribution in [3.8, 4) is 0 Å². The summed E-state index contributed by atoms with van der Waals surface area (Å²) in [5, 5.41) is 13.5. The number of thiocarbonyl (C=S) groups is 1. The number of benzene rings is 3. The molecule has 0 spiro atoms. The van der Waals surface area contributed by atoms with Crippen molar-refractivity contribution in [1.29, 1.82) is 0 Å². The van der Waals surface area contributed by atoms with Crippen molar-refractivity contribution in [1.82, 2.24) is 35.3 Å². The lowest BCUT2D eigenvalue weighted by molar-refractivity contribution is 0.626. The summed E-state index contributed by atoms with van der Waals surface area (Å²) in [5.41, 5.74) is 6.50. The number of pyridine rings is 1. The number of para-hydroxylation sites is 2. The number of rotatable bonds is 4. The van der Waals surface area contributed by atoms with E-state index in [9.17, 15) is 0 Å². The van der Waals surface area contributed by atoms with Gasteiger partial charge in [0.1, 0.15) is 24.1 Å². The van der Waals surface area contributed by atoms with E-state index >= 15 is 0 Å². The van der Waals surface area contributed by atoms with Gasteiger partial charge in [0.15, 0.2) is 5.11 Å². The Morgan fingerprint density at radius 1 is 0.917 bits per heavy atom. The van der Waals surface area contributed by atoms with Crippen molar-refractivity contribution in [2.45, 2.75) is 12.7 Å². The highest BCUT2D eigenvalue weighted by molar-refractivity contribution is 7.80. The molecular weight excluding hydrogens is 470 g/mol. The van der Waals surface area contributed by atoms with Gasteiger partial charge in [-0.15, -0.1) is 5.10 Å². The van der Waals surface area contributed by atoms with E-state index in [1.807, 2.05) is 66.9 Å². The van der Waals surface area contributed by atoms with Crippen LogP contribution in [0.5, 0.6) is 0 Å². The number of H-pyrrole nitrogens is 1. The molecule has 0 radical (unpaired) electrons. The summed E-state index contributed by atoms with van der Waals surface area (Å²) < 4.78 is 1.79. The van der Waals surface area contributed by atoms with Crippen molar-refractivity contribution in [2.24, 2.45) is 4.99 Å². The fourth-order valence-corrected chi connectivity index (χ4v) is 5.07. The molecule has 1 atom stereocenters. The maximum atomic E-state index is 5.85. The summed E-state index contributed by atoms with van der Waals surface area (Å²) >= 11 is 5.85. The lowest BCUT2D eigenvalue weighted by Crippen LogP contribution is -2.29. The second-order valence-electron chi connectivity index (χ2n) is 8.49. The number of nitrogens with one attached hydrogen (secondary N) is 2. The van der Waals surface area contributed by atoms with Gasteiger partial charge in [-0.2, -0.15) is 0 Å². The van der Waals surface area contributed by atoms with Crippen molar-refractivity contribution >= 4 is 61.8 Å². The first kappa shape index (κ1) is 20.7. The highest BCUT2D eigenvalue weighted by Crippen LogP contribution is 2.36. The zero-order valence-electron chi connectivity index (χ0n) is 18.9. The maximum absolute atomic E-state index is 5.85. The van der Waals surface area contributed by atoms with E-state index in [-0.39, 0.29) is 6.04 Å². The molecule has 2 N–H and O–H groups in total. The van der Waals surface area contributed by atoms with E-state index in [0.29, 0.717) is 11.8 Å². The van der Waals surface area contributed by atoms with Gasteiger partial charge in [-0.3, -0.25) is 4.98 Å². The molecule has 7 rings (SSSR count). The van der Waals surface area contributed by atoms with Crippen LogP contribution >= 0.6 is 12.2 Å². The molecular formula is C26H19N9S. The minimum atomic E-state index is -0.277. The molecule has 1 aliphatic rings. The van der Waals surface area contributed by atoms with Gasteiger partial charge >= 0.3 is 0 Å². The van der Waals surface area contributed by atoms with Gasteiger partial charge in [0.05, 0.1) is 28.4 Å². The van der Waals surface area contributed by atoms with Gasteiger partial charge in [-0.05, 0) is 60.2 Å². The van der Waals surface area contributed by atoms with Gasteiger partial charge in [0.2, 0.25) is 0 Å². The molecule has 3 aromatic carbocycles. The Labute approximate surface area is 210 Å². The van der Waals surface area contributed by atoms with Gasteiger partial charge in [0.25, 0.3) is 0 Å². The van der Waals surface area contributed by atoms with E-state index in [1.54, 1.807) is 11.0 Å². The number of hydrogen-bond acceptors (Lipinski definition) is 6. The predicted molar refractivity (Wildman–Crippen MR) is 144 cm³/mol. The Bertz CT molecular complexity index is 1800. The van der Waals surface area contributed by atoms with Crippen LogP contribution in [-0.4, -0.2) is 40.9 Å². The number of fused-ring (bicyclic) bond motifs is 3. The molecule has 0 bridgehead atoms. The summed E-state index contributed by atoms with van der Waals surface area (Å²) in [4.78, 5) is 19.2. The number of anilines is 1. The van der Waals surface area contributed by atoms with Gasteiger partial charge in [0, 0.05) is 17.3 Å². The van der Waals surface area contributed by atoms with Gasteiger partial charge < -0.3 is 15.2 Å². The molecule has 1 fully saturated rings. The van der Waals surface area contributed by atoms with Gasteiger partial charge in [-0.1, -0.05) is 35.5 Å². The van der Waals surface area contributed by atoms with Crippen LogP contribution < -0.4 is 10.2 Å². The van der Waals surface area contributed by atoms with E-state index in [0.717, 1.165) is 50.1 Å². The van der Waals surface area contributed by atoms with Crippen molar-refractivity contribution in [3.63, 3.8) is 0 Å². The highest BCUT2D eigenvalue weighted by Gasteiger charge is 2.37. The first-order chi connectivity index (χ1) is 17.8. The van der Waals surface area contributed by atoms with Crippen LogP contribution in [0.1, 0.15) is 11.6 Å². The fourth-order valence-electron chi connectivity index (χ4n) is 4.75. The van der Waals surface area contributed by atoms with Crippen molar-refractivity contribution in [2.75, 3.05) is 4.90 Å². The molecule has 0 aliphatic carbocycles. The molecule has 1 aliphatic heterocycles. The Kier molecular flexibility index (Phi) is 4.71. The van der Waals surface area contributed by atoms with E-state index in [1.165, 1.54) is 0 Å². The molecule has 3 aromatic heterocycles. The molecule has 1 saturated heterocycles. The molecule has 9 nitrogen and oxygen atoms in total. The Balaban J connectivity index is 1.37. The molecule has 174 valence electrons. The lowest BCUT2D eigenvalue weighted by atomic mass is 10.0.